The van der Waals surface area contributed by atoms with Crippen LogP contribution in [0.1, 0.15) is 44.1 Å². The van der Waals surface area contributed by atoms with Gasteiger partial charge in [0.05, 0.1) is 38.1 Å². The van der Waals surface area contributed by atoms with Crippen molar-refractivity contribution in [1.82, 2.24) is 4.90 Å². The van der Waals surface area contributed by atoms with Crippen LogP contribution in [0, 0.1) is 11.8 Å². The highest BCUT2D eigenvalue weighted by Gasteiger charge is 2.46. The first-order chi connectivity index (χ1) is 14.6. The average molecular weight is 416 g/mol. The number of fused-ring (bicyclic) bond motifs is 1. The fourth-order valence-corrected chi connectivity index (χ4v) is 5.18. The summed E-state index contributed by atoms with van der Waals surface area (Å²) in [4.78, 5) is 15.8. The number of ether oxygens (including phenoxy) is 3. The van der Waals surface area contributed by atoms with E-state index in [-0.39, 0.29) is 23.7 Å². The molecule has 1 saturated carbocycles. The van der Waals surface area contributed by atoms with Crippen LogP contribution in [0.4, 0.5) is 0 Å². The highest BCUT2D eigenvalue weighted by atomic mass is 16.5. The Morgan fingerprint density at radius 1 is 1.07 bits per heavy atom. The van der Waals surface area contributed by atoms with Crippen molar-refractivity contribution in [2.75, 3.05) is 33.9 Å². The number of ketones is 1. The Hall–Kier alpha value is -2.05. The van der Waals surface area contributed by atoms with Gasteiger partial charge >= 0.3 is 0 Å². The Labute approximate surface area is 178 Å². The maximum absolute atomic E-state index is 13.4. The molecule has 1 saturated heterocycles. The molecule has 0 bridgehead atoms. The zero-order valence-electron chi connectivity index (χ0n) is 18.0. The maximum Gasteiger partial charge on any atom is 0.173 e. The van der Waals surface area contributed by atoms with Crippen LogP contribution in [0.2, 0.25) is 0 Å². The quantitative estimate of drug-likeness (QED) is 0.796. The number of carbonyl (C=O) groups excluding carboxylic acids is 1. The second-order valence-electron chi connectivity index (χ2n) is 8.70. The summed E-state index contributed by atoms with van der Waals surface area (Å²) in [6.07, 6.45) is 7.20. The zero-order valence-corrected chi connectivity index (χ0v) is 18.0. The normalized spacial score (nSPS) is 30.0. The van der Waals surface area contributed by atoms with Crippen LogP contribution in [0.25, 0.3) is 5.57 Å². The highest BCUT2D eigenvalue weighted by molar-refractivity contribution is 6.22. The van der Waals surface area contributed by atoms with Gasteiger partial charge in [-0.25, -0.2) is 0 Å². The Bertz CT molecular complexity index is 784. The summed E-state index contributed by atoms with van der Waals surface area (Å²) in [6.45, 7) is 2.94. The molecule has 1 N–H and O–H groups in total. The Balaban J connectivity index is 1.55. The summed E-state index contributed by atoms with van der Waals surface area (Å²) in [6, 6.07) is 5.49. The van der Waals surface area contributed by atoms with Crippen molar-refractivity contribution in [3.63, 3.8) is 0 Å². The average Bonchev–Trinajstić information content (AvgIpc) is 3.04. The molecule has 4 rings (SSSR count). The first-order valence-corrected chi connectivity index (χ1v) is 11.1. The molecule has 164 valence electrons. The molecule has 0 amide bonds. The molecule has 2 aliphatic heterocycles. The Morgan fingerprint density at radius 3 is 2.50 bits per heavy atom. The van der Waals surface area contributed by atoms with E-state index < -0.39 is 6.10 Å². The lowest BCUT2D eigenvalue weighted by atomic mass is 9.72. The number of rotatable bonds is 5. The van der Waals surface area contributed by atoms with Crippen LogP contribution < -0.4 is 9.47 Å². The van der Waals surface area contributed by atoms with Crippen molar-refractivity contribution in [1.29, 1.82) is 0 Å². The van der Waals surface area contributed by atoms with Gasteiger partial charge in [-0.15, -0.1) is 0 Å². The van der Waals surface area contributed by atoms with E-state index in [4.69, 9.17) is 14.2 Å². The van der Waals surface area contributed by atoms with Gasteiger partial charge in [0, 0.05) is 12.5 Å². The van der Waals surface area contributed by atoms with Crippen molar-refractivity contribution >= 4 is 11.4 Å². The van der Waals surface area contributed by atoms with E-state index in [1.54, 1.807) is 26.5 Å². The van der Waals surface area contributed by atoms with Gasteiger partial charge in [0.1, 0.15) is 6.10 Å². The molecule has 6 heteroatoms. The summed E-state index contributed by atoms with van der Waals surface area (Å²) >= 11 is 0. The minimum atomic E-state index is -0.418. The Kier molecular flexibility index (Phi) is 6.64. The molecule has 2 fully saturated rings. The van der Waals surface area contributed by atoms with Crippen molar-refractivity contribution < 1.29 is 24.1 Å². The van der Waals surface area contributed by atoms with Gasteiger partial charge < -0.3 is 24.2 Å². The third-order valence-corrected chi connectivity index (χ3v) is 6.89. The number of allylic oxidation sites excluding steroid dienone is 1. The van der Waals surface area contributed by atoms with Crippen molar-refractivity contribution in [2.45, 2.75) is 50.7 Å². The summed E-state index contributed by atoms with van der Waals surface area (Å²) in [5.41, 5.74) is 1.34. The molecule has 0 spiro atoms. The van der Waals surface area contributed by atoms with Crippen molar-refractivity contribution in [2.24, 2.45) is 11.8 Å². The van der Waals surface area contributed by atoms with Crippen molar-refractivity contribution in [3.8, 4) is 11.5 Å². The summed E-state index contributed by atoms with van der Waals surface area (Å²) < 4.78 is 16.9. The second kappa shape index (κ2) is 9.40. The lowest BCUT2D eigenvalue weighted by Crippen LogP contribution is -2.52. The lowest BCUT2D eigenvalue weighted by molar-refractivity contribution is -0.133. The van der Waals surface area contributed by atoms with Crippen LogP contribution >= 0.6 is 0 Å². The van der Waals surface area contributed by atoms with Crippen LogP contribution in [-0.4, -0.2) is 61.9 Å². The summed E-state index contributed by atoms with van der Waals surface area (Å²) in [5.74, 6) is 1.07. The number of likely N-dealkylation sites (tertiary alicyclic amines) is 1. The van der Waals surface area contributed by atoms with E-state index >= 15 is 0 Å². The van der Waals surface area contributed by atoms with E-state index in [9.17, 15) is 9.90 Å². The van der Waals surface area contributed by atoms with Gasteiger partial charge in [0.2, 0.25) is 0 Å². The standard InChI is InChI=1S/C24H33NO5/c1-28-21-10-7-16(13-22(21)29-2)19-15-30-24-17(23(19)27)8-9-20(26)18(24)14-25-11-5-3-4-6-12-25/h7,10,13,15,17-18,20,24,26H,3-6,8-9,11-12,14H2,1-2H3. The Morgan fingerprint density at radius 2 is 1.80 bits per heavy atom. The molecular weight excluding hydrogens is 382 g/mol. The minimum Gasteiger partial charge on any atom is -0.496 e. The van der Waals surface area contributed by atoms with Gasteiger partial charge in [-0.2, -0.15) is 0 Å². The van der Waals surface area contributed by atoms with E-state index in [0.29, 0.717) is 29.9 Å². The smallest absolute Gasteiger partial charge is 0.173 e. The van der Waals surface area contributed by atoms with E-state index in [1.165, 1.54) is 25.7 Å². The molecule has 30 heavy (non-hydrogen) atoms. The molecular formula is C24H33NO5. The van der Waals surface area contributed by atoms with Crippen LogP contribution in [0.15, 0.2) is 24.5 Å². The second-order valence-corrected chi connectivity index (χ2v) is 8.70. The molecule has 6 nitrogen and oxygen atoms in total. The van der Waals surface area contributed by atoms with Crippen LogP contribution in [0.5, 0.6) is 11.5 Å². The monoisotopic (exact) mass is 415 g/mol. The number of hydrogen-bond donors (Lipinski definition) is 1. The number of aliphatic hydroxyl groups is 1. The molecule has 2 heterocycles. The topological polar surface area (TPSA) is 68.2 Å². The van der Waals surface area contributed by atoms with Crippen molar-refractivity contribution in [3.05, 3.63) is 30.0 Å². The number of hydrogen-bond acceptors (Lipinski definition) is 6. The SMILES string of the molecule is COc1ccc(C2=COC3C(CCC(O)C3CN3CCCCCC3)C2=O)cc1OC. The molecule has 0 aromatic heterocycles. The molecule has 3 aliphatic rings. The number of nitrogens with zero attached hydrogens (tertiary/aromatic N) is 1. The number of aliphatic hydroxyl groups excluding tert-OH is 1. The van der Waals surface area contributed by atoms with Crippen LogP contribution in [0.3, 0.4) is 0 Å². The first kappa shape index (κ1) is 21.2. The lowest BCUT2D eigenvalue weighted by Gasteiger charge is -2.43. The third-order valence-electron chi connectivity index (χ3n) is 6.89. The summed E-state index contributed by atoms with van der Waals surface area (Å²) in [5, 5.41) is 10.7. The van der Waals surface area contributed by atoms with Crippen LogP contribution in [-0.2, 0) is 9.53 Å². The third kappa shape index (κ3) is 4.21. The van der Waals surface area contributed by atoms with Gasteiger partial charge in [-0.05, 0) is 56.5 Å². The zero-order chi connectivity index (χ0) is 21.1. The number of benzene rings is 1. The molecule has 1 aromatic rings. The minimum absolute atomic E-state index is 0.0333. The number of methoxy groups -OCH3 is 2. The van der Waals surface area contributed by atoms with E-state index in [0.717, 1.165) is 25.2 Å². The highest BCUT2D eigenvalue weighted by Crippen LogP contribution is 2.41. The van der Waals surface area contributed by atoms with E-state index in [2.05, 4.69) is 4.90 Å². The van der Waals surface area contributed by atoms with E-state index in [1.807, 2.05) is 12.1 Å². The summed E-state index contributed by atoms with van der Waals surface area (Å²) in [7, 11) is 3.18. The molecule has 0 radical (unpaired) electrons. The maximum atomic E-state index is 13.4. The largest absolute Gasteiger partial charge is 0.496 e. The van der Waals surface area contributed by atoms with Gasteiger partial charge in [-0.1, -0.05) is 18.9 Å². The fourth-order valence-electron chi connectivity index (χ4n) is 5.18. The molecule has 4 atom stereocenters. The first-order valence-electron chi connectivity index (χ1n) is 11.1. The molecule has 4 unspecified atom stereocenters. The van der Waals surface area contributed by atoms with Gasteiger partial charge in [-0.3, -0.25) is 4.79 Å². The number of carbonyl (C=O) groups is 1. The number of Topliss-reactive ketones (excluding diaryl/α,β-unsaturated/α-hetero) is 1. The predicted molar refractivity (Wildman–Crippen MR) is 115 cm³/mol. The fraction of sp³-hybridized carbons (Fsp3) is 0.625. The van der Waals surface area contributed by atoms with Gasteiger partial charge in [0.15, 0.2) is 17.3 Å². The van der Waals surface area contributed by atoms with Gasteiger partial charge in [0.25, 0.3) is 0 Å². The molecule has 1 aliphatic carbocycles. The molecule has 1 aromatic carbocycles. The predicted octanol–water partition coefficient (Wildman–Crippen LogP) is 3.28.